The van der Waals surface area contributed by atoms with Crippen LogP contribution in [0.1, 0.15) is 10.5 Å². The van der Waals surface area contributed by atoms with Crippen molar-refractivity contribution in [2.24, 2.45) is 0 Å². The van der Waals surface area contributed by atoms with Crippen LogP contribution < -0.4 is 10.1 Å². The Balaban J connectivity index is 2.31. The van der Waals surface area contributed by atoms with Crippen molar-refractivity contribution in [3.63, 3.8) is 0 Å². The number of H-pyrrole nitrogens is 1. The molecular formula is C12H12F2N2O2S. The van der Waals surface area contributed by atoms with Gasteiger partial charge in [0.25, 0.3) is 5.91 Å². The van der Waals surface area contributed by atoms with Gasteiger partial charge in [0.2, 0.25) is 0 Å². The van der Waals surface area contributed by atoms with Gasteiger partial charge in [0.05, 0.1) is 0 Å². The number of alkyl halides is 2. The number of aromatic amines is 1. The Bertz CT molecular complexity index is 586. The van der Waals surface area contributed by atoms with E-state index < -0.39 is 6.61 Å². The number of benzene rings is 1. The molecule has 0 fully saturated rings. The highest BCUT2D eigenvalue weighted by atomic mass is 32.1. The molecule has 0 aliphatic rings. The molecule has 0 unspecified atom stereocenters. The van der Waals surface area contributed by atoms with Gasteiger partial charge in [-0.2, -0.15) is 21.4 Å². The SMILES string of the molecule is O=C(NCCS)c1cc2c(OC(F)F)cccc2[nH]1. The van der Waals surface area contributed by atoms with E-state index in [-0.39, 0.29) is 11.7 Å². The fraction of sp³-hybridized carbons (Fsp3) is 0.250. The van der Waals surface area contributed by atoms with E-state index in [1.807, 2.05) is 0 Å². The summed E-state index contributed by atoms with van der Waals surface area (Å²) < 4.78 is 28.9. The predicted octanol–water partition coefficient (Wildman–Crippen LogP) is 2.43. The second-order valence-corrected chi connectivity index (χ2v) is 4.21. The monoisotopic (exact) mass is 286 g/mol. The van der Waals surface area contributed by atoms with Crippen LogP contribution in [0, 0.1) is 0 Å². The van der Waals surface area contributed by atoms with Crippen LogP contribution in [0.25, 0.3) is 10.9 Å². The molecule has 4 nitrogen and oxygen atoms in total. The van der Waals surface area contributed by atoms with Crippen molar-refractivity contribution < 1.29 is 18.3 Å². The zero-order valence-electron chi connectivity index (χ0n) is 9.82. The van der Waals surface area contributed by atoms with E-state index in [0.717, 1.165) is 0 Å². The van der Waals surface area contributed by atoms with E-state index in [9.17, 15) is 13.6 Å². The van der Waals surface area contributed by atoms with E-state index in [1.54, 1.807) is 12.1 Å². The summed E-state index contributed by atoms with van der Waals surface area (Å²) in [4.78, 5) is 14.6. The molecule has 2 N–H and O–H groups in total. The van der Waals surface area contributed by atoms with E-state index in [0.29, 0.717) is 28.9 Å². The number of hydrogen-bond donors (Lipinski definition) is 3. The van der Waals surface area contributed by atoms with E-state index >= 15 is 0 Å². The number of hydrogen-bond acceptors (Lipinski definition) is 3. The molecule has 0 saturated carbocycles. The third-order valence-corrected chi connectivity index (χ3v) is 2.71. The topological polar surface area (TPSA) is 54.1 Å². The van der Waals surface area contributed by atoms with Gasteiger partial charge in [0.1, 0.15) is 11.4 Å². The summed E-state index contributed by atoms with van der Waals surface area (Å²) in [5, 5.41) is 3.08. The third kappa shape index (κ3) is 3.17. The molecule has 0 radical (unpaired) electrons. The van der Waals surface area contributed by atoms with Gasteiger partial charge < -0.3 is 15.0 Å². The molecule has 7 heteroatoms. The first-order valence-corrected chi connectivity index (χ1v) is 6.20. The lowest BCUT2D eigenvalue weighted by molar-refractivity contribution is -0.0487. The minimum absolute atomic E-state index is 0.0389. The number of nitrogens with one attached hydrogen (secondary N) is 2. The molecule has 1 aromatic carbocycles. The molecule has 2 rings (SSSR count). The second-order valence-electron chi connectivity index (χ2n) is 3.76. The first kappa shape index (κ1) is 13.7. The molecule has 1 heterocycles. The van der Waals surface area contributed by atoms with Gasteiger partial charge in [0.15, 0.2) is 0 Å². The lowest BCUT2D eigenvalue weighted by Crippen LogP contribution is -2.25. The molecule has 102 valence electrons. The maximum Gasteiger partial charge on any atom is 0.387 e. The van der Waals surface area contributed by atoms with Crippen LogP contribution in [-0.4, -0.2) is 29.8 Å². The average molecular weight is 286 g/mol. The van der Waals surface area contributed by atoms with Crippen LogP contribution >= 0.6 is 12.6 Å². The number of amides is 1. The molecule has 0 saturated heterocycles. The summed E-state index contributed by atoms with van der Waals surface area (Å²) in [6, 6.07) is 6.17. The van der Waals surface area contributed by atoms with Crippen molar-refractivity contribution in [1.82, 2.24) is 10.3 Å². The molecule has 0 atom stereocenters. The minimum atomic E-state index is -2.90. The molecule has 2 aromatic rings. The van der Waals surface area contributed by atoms with Crippen molar-refractivity contribution in [2.75, 3.05) is 12.3 Å². The van der Waals surface area contributed by atoms with Crippen molar-refractivity contribution in [3.05, 3.63) is 30.0 Å². The van der Waals surface area contributed by atoms with Gasteiger partial charge in [0, 0.05) is 23.2 Å². The largest absolute Gasteiger partial charge is 0.434 e. The fourth-order valence-electron chi connectivity index (χ4n) is 1.71. The smallest absolute Gasteiger partial charge is 0.387 e. The molecule has 0 aliphatic heterocycles. The number of carbonyl (C=O) groups excluding carboxylic acids is 1. The van der Waals surface area contributed by atoms with Crippen LogP contribution in [0.2, 0.25) is 0 Å². The maximum atomic E-state index is 12.3. The summed E-state index contributed by atoms with van der Waals surface area (Å²) >= 11 is 3.98. The van der Waals surface area contributed by atoms with Crippen LogP contribution in [0.4, 0.5) is 8.78 Å². The van der Waals surface area contributed by atoms with Gasteiger partial charge in [-0.05, 0) is 18.2 Å². The number of fused-ring (bicyclic) bond motifs is 1. The Morgan fingerprint density at radius 3 is 2.95 bits per heavy atom. The third-order valence-electron chi connectivity index (χ3n) is 2.48. The van der Waals surface area contributed by atoms with Crippen LogP contribution in [0.3, 0.4) is 0 Å². The Morgan fingerprint density at radius 2 is 2.26 bits per heavy atom. The Hall–Kier alpha value is -1.76. The summed E-state index contributed by atoms with van der Waals surface area (Å²) in [7, 11) is 0. The van der Waals surface area contributed by atoms with Gasteiger partial charge in [-0.15, -0.1) is 0 Å². The predicted molar refractivity (Wildman–Crippen MR) is 71.1 cm³/mol. The fourth-order valence-corrected chi connectivity index (χ4v) is 1.82. The van der Waals surface area contributed by atoms with E-state index in [1.165, 1.54) is 12.1 Å². The van der Waals surface area contributed by atoms with Gasteiger partial charge in [-0.3, -0.25) is 4.79 Å². The summed E-state index contributed by atoms with van der Waals surface area (Å²) in [6.07, 6.45) is 0. The van der Waals surface area contributed by atoms with E-state index in [4.69, 9.17) is 0 Å². The standard InChI is InChI=1S/C12H12F2N2O2S/c13-12(14)18-10-3-1-2-8-7(10)6-9(16-8)11(17)15-4-5-19/h1-3,6,12,16,19H,4-5H2,(H,15,17). The number of ether oxygens (including phenoxy) is 1. The van der Waals surface area contributed by atoms with E-state index in [2.05, 4.69) is 27.7 Å². The quantitative estimate of drug-likeness (QED) is 0.739. The first-order chi connectivity index (χ1) is 9.11. The highest BCUT2D eigenvalue weighted by Gasteiger charge is 2.13. The number of halogens is 2. The van der Waals surface area contributed by atoms with Crippen molar-refractivity contribution >= 4 is 29.4 Å². The summed E-state index contributed by atoms with van der Waals surface area (Å²) in [6.45, 7) is -2.47. The average Bonchev–Trinajstić information content (AvgIpc) is 2.80. The minimum Gasteiger partial charge on any atom is -0.434 e. The van der Waals surface area contributed by atoms with Crippen molar-refractivity contribution in [2.45, 2.75) is 6.61 Å². The van der Waals surface area contributed by atoms with Gasteiger partial charge in [-0.1, -0.05) is 6.07 Å². The van der Waals surface area contributed by atoms with Gasteiger partial charge >= 0.3 is 6.61 Å². The molecule has 1 aromatic heterocycles. The number of aromatic nitrogens is 1. The highest BCUT2D eigenvalue weighted by Crippen LogP contribution is 2.27. The normalized spacial score (nSPS) is 10.9. The molecule has 1 amide bonds. The Labute approximate surface area is 113 Å². The van der Waals surface area contributed by atoms with Crippen molar-refractivity contribution in [1.29, 1.82) is 0 Å². The Kier molecular flexibility index (Phi) is 4.26. The zero-order valence-corrected chi connectivity index (χ0v) is 10.7. The van der Waals surface area contributed by atoms with Crippen molar-refractivity contribution in [3.8, 4) is 5.75 Å². The second kappa shape index (κ2) is 5.92. The number of carbonyl (C=O) groups is 1. The molecule has 0 bridgehead atoms. The zero-order chi connectivity index (χ0) is 13.8. The summed E-state index contributed by atoms with van der Waals surface area (Å²) in [5.41, 5.74) is 0.858. The number of thiol groups is 1. The molecular weight excluding hydrogens is 274 g/mol. The molecule has 19 heavy (non-hydrogen) atoms. The molecule has 0 aliphatic carbocycles. The van der Waals surface area contributed by atoms with Crippen LogP contribution in [0.5, 0.6) is 5.75 Å². The maximum absolute atomic E-state index is 12.3. The molecule has 0 spiro atoms. The highest BCUT2D eigenvalue weighted by molar-refractivity contribution is 7.80. The lowest BCUT2D eigenvalue weighted by Gasteiger charge is -2.04. The number of rotatable bonds is 5. The van der Waals surface area contributed by atoms with Gasteiger partial charge in [-0.25, -0.2) is 0 Å². The summed E-state index contributed by atoms with van der Waals surface area (Å²) in [5.74, 6) is 0.247. The lowest BCUT2D eigenvalue weighted by atomic mass is 10.2. The Morgan fingerprint density at radius 1 is 1.47 bits per heavy atom. The van der Waals surface area contributed by atoms with Crippen LogP contribution in [-0.2, 0) is 0 Å². The van der Waals surface area contributed by atoms with Crippen LogP contribution in [0.15, 0.2) is 24.3 Å². The first-order valence-electron chi connectivity index (χ1n) is 5.57.